The molecule has 4 rings (SSSR count). The monoisotopic (exact) mass is 363 g/mol. The van der Waals surface area contributed by atoms with E-state index in [1.807, 2.05) is 0 Å². The van der Waals surface area contributed by atoms with E-state index in [0.717, 1.165) is 70.0 Å². The molecule has 1 unspecified atom stereocenters. The molecule has 2 saturated heterocycles. The summed E-state index contributed by atoms with van der Waals surface area (Å²) in [4.78, 5) is 19.8. The smallest absolute Gasteiger partial charge is 0.225 e. The maximum Gasteiger partial charge on any atom is 0.225 e. The number of piperidine rings is 1. The van der Waals surface area contributed by atoms with E-state index in [9.17, 15) is 4.79 Å². The Morgan fingerprint density at radius 1 is 1.08 bits per heavy atom. The number of hydrogen-bond acceptors (Lipinski definition) is 4. The molecule has 0 radical (unpaired) electrons. The molecule has 5 nitrogen and oxygen atoms in total. The number of morpholine rings is 1. The van der Waals surface area contributed by atoms with Crippen LogP contribution in [-0.4, -0.2) is 86.7 Å². The lowest BCUT2D eigenvalue weighted by Crippen LogP contribution is -2.37. The van der Waals surface area contributed by atoms with Gasteiger partial charge in [0.2, 0.25) is 5.91 Å². The number of hydrogen-bond donors (Lipinski definition) is 0. The van der Waals surface area contributed by atoms with Crippen molar-refractivity contribution < 1.29 is 9.53 Å². The highest BCUT2D eigenvalue weighted by Crippen LogP contribution is 2.52. The zero-order valence-electron chi connectivity index (χ0n) is 16.6. The Labute approximate surface area is 159 Å². The third-order valence-electron chi connectivity index (χ3n) is 7.28. The van der Waals surface area contributed by atoms with Gasteiger partial charge in [-0.05, 0) is 63.6 Å². The summed E-state index contributed by atoms with van der Waals surface area (Å²) >= 11 is 0. The molecule has 1 amide bonds. The number of amides is 1. The molecule has 0 aromatic rings. The van der Waals surface area contributed by atoms with Gasteiger partial charge in [0.1, 0.15) is 0 Å². The van der Waals surface area contributed by atoms with Gasteiger partial charge in [0.05, 0.1) is 13.2 Å². The van der Waals surface area contributed by atoms with Crippen LogP contribution in [0.5, 0.6) is 0 Å². The summed E-state index contributed by atoms with van der Waals surface area (Å²) in [5.41, 5.74) is 0. The topological polar surface area (TPSA) is 36.0 Å². The van der Waals surface area contributed by atoms with Crippen molar-refractivity contribution in [3.8, 4) is 0 Å². The predicted molar refractivity (Wildman–Crippen MR) is 103 cm³/mol. The summed E-state index contributed by atoms with van der Waals surface area (Å²) in [5, 5.41) is 0. The molecule has 2 saturated carbocycles. The Kier molecular flexibility index (Phi) is 6.17. The number of carbonyl (C=O) groups excluding carboxylic acids is 1. The minimum Gasteiger partial charge on any atom is -0.379 e. The van der Waals surface area contributed by atoms with E-state index in [0.29, 0.717) is 11.8 Å². The van der Waals surface area contributed by atoms with Crippen molar-refractivity contribution in [2.45, 2.75) is 38.5 Å². The molecule has 4 fully saturated rings. The minimum absolute atomic E-state index is 0.361. The van der Waals surface area contributed by atoms with E-state index >= 15 is 0 Å². The normalized spacial score (nSPS) is 32.4. The highest BCUT2D eigenvalue weighted by molar-refractivity contribution is 5.79. The van der Waals surface area contributed by atoms with Crippen LogP contribution in [0.15, 0.2) is 0 Å². The molecular formula is C21H37N3O2. The molecule has 0 spiro atoms. The van der Waals surface area contributed by atoms with Gasteiger partial charge in [0.25, 0.3) is 0 Å². The van der Waals surface area contributed by atoms with Crippen LogP contribution in [0.2, 0.25) is 0 Å². The maximum absolute atomic E-state index is 12.6. The van der Waals surface area contributed by atoms with Crippen molar-refractivity contribution >= 4 is 5.91 Å². The molecule has 2 aliphatic heterocycles. The number of unbranched alkanes of at least 4 members (excludes halogenated alkanes) is 1. The van der Waals surface area contributed by atoms with Gasteiger partial charge in [-0.15, -0.1) is 0 Å². The van der Waals surface area contributed by atoms with E-state index < -0.39 is 0 Å². The van der Waals surface area contributed by atoms with E-state index in [1.54, 1.807) is 0 Å². The van der Waals surface area contributed by atoms with Crippen LogP contribution in [0, 0.1) is 23.7 Å². The van der Waals surface area contributed by atoms with Crippen molar-refractivity contribution in [1.29, 1.82) is 0 Å². The van der Waals surface area contributed by atoms with Gasteiger partial charge in [-0.1, -0.05) is 12.8 Å². The molecule has 0 bridgehead atoms. The second-order valence-electron chi connectivity index (χ2n) is 9.14. The fourth-order valence-electron chi connectivity index (χ4n) is 5.52. The second-order valence-corrected chi connectivity index (χ2v) is 9.14. The molecule has 26 heavy (non-hydrogen) atoms. The number of likely N-dealkylation sites (tertiary alicyclic amines) is 1. The van der Waals surface area contributed by atoms with Gasteiger partial charge in [-0.3, -0.25) is 9.69 Å². The maximum atomic E-state index is 12.6. The lowest BCUT2D eigenvalue weighted by molar-refractivity contribution is -0.134. The minimum atomic E-state index is 0.361. The van der Waals surface area contributed by atoms with Crippen LogP contribution >= 0.6 is 0 Å². The largest absolute Gasteiger partial charge is 0.379 e. The van der Waals surface area contributed by atoms with Crippen molar-refractivity contribution in [3.05, 3.63) is 0 Å². The Balaban J connectivity index is 1.08. The van der Waals surface area contributed by atoms with Gasteiger partial charge in [-0.2, -0.15) is 0 Å². The Morgan fingerprint density at radius 2 is 1.77 bits per heavy atom. The molecule has 2 heterocycles. The number of carbonyl (C=O) groups is 1. The van der Waals surface area contributed by atoms with Crippen molar-refractivity contribution in [2.24, 2.45) is 23.7 Å². The van der Waals surface area contributed by atoms with Crippen LogP contribution in [0.25, 0.3) is 0 Å². The molecule has 4 aliphatic rings. The molecule has 0 N–H and O–H groups in total. The fraction of sp³-hybridized carbons (Fsp3) is 0.952. The molecule has 3 atom stereocenters. The molecule has 0 aromatic carbocycles. The summed E-state index contributed by atoms with van der Waals surface area (Å²) in [6.45, 7) is 9.81. The number of rotatable bonds is 8. The lowest BCUT2D eigenvalue weighted by atomic mass is 10.1. The first-order valence-corrected chi connectivity index (χ1v) is 11.0. The molecule has 2 aliphatic carbocycles. The Morgan fingerprint density at radius 3 is 2.46 bits per heavy atom. The average Bonchev–Trinajstić information content (AvgIpc) is 3.10. The van der Waals surface area contributed by atoms with Crippen molar-refractivity contribution in [1.82, 2.24) is 14.7 Å². The van der Waals surface area contributed by atoms with Crippen LogP contribution in [-0.2, 0) is 9.53 Å². The standard InChI is InChI=1S/C21H37N3O2/c1-22(8-4-5-9-23-10-12-26-13-11-23)14-18-19-15-24(16-20(18)19)21(25)17-6-2-3-7-17/h17-20H,2-16H2,1H3/t18?,19-,20+. The summed E-state index contributed by atoms with van der Waals surface area (Å²) in [6.07, 6.45) is 7.39. The number of nitrogens with zero attached hydrogens (tertiary/aromatic N) is 3. The van der Waals surface area contributed by atoms with Gasteiger partial charge in [0.15, 0.2) is 0 Å². The molecular weight excluding hydrogens is 326 g/mol. The quantitative estimate of drug-likeness (QED) is 0.618. The zero-order valence-corrected chi connectivity index (χ0v) is 16.6. The van der Waals surface area contributed by atoms with Crippen molar-refractivity contribution in [2.75, 3.05) is 66.1 Å². The van der Waals surface area contributed by atoms with Gasteiger partial charge < -0.3 is 14.5 Å². The highest BCUT2D eigenvalue weighted by atomic mass is 16.5. The van der Waals surface area contributed by atoms with E-state index in [-0.39, 0.29) is 0 Å². The SMILES string of the molecule is CN(CCCCN1CCOCC1)CC1[C@H]2CN(C(=O)C3CCCC3)C[C@@H]12. The van der Waals surface area contributed by atoms with Crippen LogP contribution in [0.4, 0.5) is 0 Å². The van der Waals surface area contributed by atoms with Crippen LogP contribution in [0.1, 0.15) is 38.5 Å². The molecule has 0 aromatic heterocycles. The first kappa shape index (κ1) is 18.7. The Hall–Kier alpha value is -0.650. The molecule has 5 heteroatoms. The Bertz CT molecular complexity index is 462. The summed E-state index contributed by atoms with van der Waals surface area (Å²) < 4.78 is 5.41. The first-order valence-electron chi connectivity index (χ1n) is 11.0. The molecule has 148 valence electrons. The third kappa shape index (κ3) is 4.42. The van der Waals surface area contributed by atoms with Crippen LogP contribution < -0.4 is 0 Å². The average molecular weight is 364 g/mol. The highest BCUT2D eigenvalue weighted by Gasteiger charge is 2.56. The third-order valence-corrected chi connectivity index (χ3v) is 7.28. The predicted octanol–water partition coefficient (Wildman–Crippen LogP) is 1.93. The van der Waals surface area contributed by atoms with E-state index in [1.165, 1.54) is 45.3 Å². The summed E-state index contributed by atoms with van der Waals surface area (Å²) in [7, 11) is 2.28. The summed E-state index contributed by atoms with van der Waals surface area (Å²) in [5.74, 6) is 3.30. The van der Waals surface area contributed by atoms with Crippen LogP contribution in [0.3, 0.4) is 0 Å². The zero-order chi connectivity index (χ0) is 17.9. The second kappa shape index (κ2) is 8.57. The number of fused-ring (bicyclic) bond motifs is 1. The van der Waals surface area contributed by atoms with Gasteiger partial charge in [-0.25, -0.2) is 0 Å². The number of ether oxygens (including phenoxy) is 1. The van der Waals surface area contributed by atoms with Gasteiger partial charge in [0, 0.05) is 38.6 Å². The first-order chi connectivity index (χ1) is 12.7. The van der Waals surface area contributed by atoms with E-state index in [4.69, 9.17) is 4.74 Å². The lowest BCUT2D eigenvalue weighted by Gasteiger charge is -2.27. The van der Waals surface area contributed by atoms with E-state index in [2.05, 4.69) is 21.7 Å². The fourth-order valence-corrected chi connectivity index (χ4v) is 5.52. The summed E-state index contributed by atoms with van der Waals surface area (Å²) in [6, 6.07) is 0. The van der Waals surface area contributed by atoms with Gasteiger partial charge >= 0.3 is 0 Å². The van der Waals surface area contributed by atoms with Crippen molar-refractivity contribution in [3.63, 3.8) is 0 Å².